The monoisotopic (exact) mass is 485 g/mol. The molecule has 0 unspecified atom stereocenters. The third-order valence-corrected chi connectivity index (χ3v) is 6.39. The topological polar surface area (TPSA) is 86.3 Å². The van der Waals surface area contributed by atoms with Crippen LogP contribution in [0.5, 0.6) is 0 Å². The second-order valence-corrected chi connectivity index (χ2v) is 10.2. The molecule has 0 atom stereocenters. The molecule has 8 heteroatoms. The number of pyridine rings is 1. The van der Waals surface area contributed by atoms with Crippen LogP contribution in [0.25, 0.3) is 16.9 Å². The van der Waals surface area contributed by atoms with Gasteiger partial charge in [0, 0.05) is 36.7 Å². The van der Waals surface area contributed by atoms with Crippen molar-refractivity contribution in [2.45, 2.75) is 39.5 Å². The van der Waals surface area contributed by atoms with Gasteiger partial charge in [0.25, 0.3) is 0 Å². The summed E-state index contributed by atoms with van der Waals surface area (Å²) in [7, 11) is 0. The van der Waals surface area contributed by atoms with Crippen LogP contribution in [0.15, 0.2) is 59.4 Å². The molecule has 5 rings (SSSR count). The first-order valence-corrected chi connectivity index (χ1v) is 12.2. The van der Waals surface area contributed by atoms with E-state index in [1.165, 1.54) is 0 Å². The number of carbonyl (C=O) groups excluding carboxylic acids is 1. The first-order valence-electron chi connectivity index (χ1n) is 12.2. The van der Waals surface area contributed by atoms with Crippen LogP contribution >= 0.6 is 0 Å². The largest absolute Gasteiger partial charge is 0.457 e. The summed E-state index contributed by atoms with van der Waals surface area (Å²) in [5.41, 5.74) is 5.36. The molecule has 4 aromatic rings. The van der Waals surface area contributed by atoms with E-state index in [0.717, 1.165) is 65.8 Å². The summed E-state index contributed by atoms with van der Waals surface area (Å²) in [5.74, 6) is 1.14. The fraction of sp³-hybridized carbons (Fsp3) is 0.357. The van der Waals surface area contributed by atoms with Gasteiger partial charge in [-0.15, -0.1) is 5.10 Å². The molecular weight excluding hydrogens is 454 g/mol. The first kappa shape index (κ1) is 23.9. The third-order valence-electron chi connectivity index (χ3n) is 6.39. The summed E-state index contributed by atoms with van der Waals surface area (Å²) < 4.78 is 13.0. The zero-order valence-corrected chi connectivity index (χ0v) is 21.2. The van der Waals surface area contributed by atoms with E-state index in [1.807, 2.05) is 43.6 Å². The van der Waals surface area contributed by atoms with Gasteiger partial charge < -0.3 is 14.1 Å². The van der Waals surface area contributed by atoms with E-state index in [-0.39, 0.29) is 17.6 Å². The van der Waals surface area contributed by atoms with E-state index < -0.39 is 0 Å². The molecule has 0 radical (unpaired) electrons. The molecule has 4 heterocycles. The average Bonchev–Trinajstić information content (AvgIpc) is 3.57. The summed E-state index contributed by atoms with van der Waals surface area (Å²) in [6.07, 6.45) is 5.82. The number of Topliss-reactive ketones (excluding diaryl/α,β-unsaturated/α-hetero) is 1. The number of nitrogens with zero attached hydrogens (tertiary/aromatic N) is 5. The van der Waals surface area contributed by atoms with Gasteiger partial charge in [0.05, 0.1) is 37.0 Å². The number of hydrogen-bond donors (Lipinski definition) is 0. The number of ketones is 1. The number of anilines is 1. The van der Waals surface area contributed by atoms with Crippen molar-refractivity contribution in [3.05, 3.63) is 77.6 Å². The Morgan fingerprint density at radius 2 is 1.86 bits per heavy atom. The SMILES string of the molecule is Cc1ccc(CC(=O)c2ccc(C(C)(C)C)o2)cc1-n1cc(-c2cncc(N3CCOCC3)c2)nn1. The van der Waals surface area contributed by atoms with Crippen LogP contribution in [-0.4, -0.2) is 52.1 Å². The number of aryl methyl sites for hydroxylation is 1. The van der Waals surface area contributed by atoms with Crippen LogP contribution in [-0.2, 0) is 16.6 Å². The van der Waals surface area contributed by atoms with Crippen molar-refractivity contribution >= 4 is 11.5 Å². The molecule has 8 nitrogen and oxygen atoms in total. The molecule has 0 spiro atoms. The normalized spacial score (nSPS) is 14.3. The summed E-state index contributed by atoms with van der Waals surface area (Å²) in [6.45, 7) is 11.3. The van der Waals surface area contributed by atoms with Gasteiger partial charge in [0.2, 0.25) is 5.78 Å². The maximum atomic E-state index is 12.9. The van der Waals surface area contributed by atoms with Gasteiger partial charge >= 0.3 is 0 Å². The molecule has 1 aliphatic rings. The van der Waals surface area contributed by atoms with E-state index in [9.17, 15) is 4.79 Å². The molecule has 3 aromatic heterocycles. The lowest BCUT2D eigenvalue weighted by Gasteiger charge is -2.28. The second kappa shape index (κ2) is 9.70. The van der Waals surface area contributed by atoms with Crippen LogP contribution < -0.4 is 4.90 Å². The van der Waals surface area contributed by atoms with Gasteiger partial charge in [-0.2, -0.15) is 0 Å². The fourth-order valence-electron chi connectivity index (χ4n) is 4.25. The third kappa shape index (κ3) is 5.09. The highest BCUT2D eigenvalue weighted by atomic mass is 16.5. The Morgan fingerprint density at radius 3 is 2.61 bits per heavy atom. The Bertz CT molecular complexity index is 1380. The molecule has 36 heavy (non-hydrogen) atoms. The maximum Gasteiger partial charge on any atom is 0.202 e. The molecule has 186 valence electrons. The Hall–Kier alpha value is -3.78. The highest BCUT2D eigenvalue weighted by molar-refractivity contribution is 5.95. The minimum Gasteiger partial charge on any atom is -0.457 e. The summed E-state index contributed by atoms with van der Waals surface area (Å²) >= 11 is 0. The zero-order chi connectivity index (χ0) is 25.3. The van der Waals surface area contributed by atoms with Gasteiger partial charge in [-0.25, -0.2) is 4.68 Å². The number of furan rings is 1. The number of carbonyl (C=O) groups is 1. The van der Waals surface area contributed by atoms with E-state index in [2.05, 4.69) is 47.0 Å². The van der Waals surface area contributed by atoms with Crippen molar-refractivity contribution in [3.8, 4) is 16.9 Å². The quantitative estimate of drug-likeness (QED) is 0.363. The molecule has 0 N–H and O–H groups in total. The molecule has 0 aliphatic carbocycles. The Balaban J connectivity index is 1.36. The standard InChI is InChI=1S/C28H31N5O3/c1-19-5-6-20(14-25(34)26-7-8-27(36-26)28(2,3)4)13-24(19)33-18-23(30-31-33)21-15-22(17-29-16-21)32-9-11-35-12-10-32/h5-8,13,15-18H,9-12,14H2,1-4H3. The number of ether oxygens (including phenoxy) is 1. The molecule has 1 saturated heterocycles. The summed E-state index contributed by atoms with van der Waals surface area (Å²) in [4.78, 5) is 19.6. The van der Waals surface area contributed by atoms with Crippen LogP contribution in [0.4, 0.5) is 5.69 Å². The van der Waals surface area contributed by atoms with Crippen LogP contribution in [0.3, 0.4) is 0 Å². The smallest absolute Gasteiger partial charge is 0.202 e. The van der Waals surface area contributed by atoms with Crippen molar-refractivity contribution in [1.82, 2.24) is 20.0 Å². The summed E-state index contributed by atoms with van der Waals surface area (Å²) in [6, 6.07) is 11.7. The molecule has 1 fully saturated rings. The molecule has 0 amide bonds. The van der Waals surface area contributed by atoms with Gasteiger partial charge in [-0.05, 0) is 42.3 Å². The number of rotatable bonds is 6. The van der Waals surface area contributed by atoms with E-state index in [0.29, 0.717) is 5.76 Å². The molecule has 0 saturated carbocycles. The van der Waals surface area contributed by atoms with Crippen LogP contribution in [0.2, 0.25) is 0 Å². The maximum absolute atomic E-state index is 12.9. The Morgan fingerprint density at radius 1 is 1.06 bits per heavy atom. The molecular formula is C28H31N5O3. The summed E-state index contributed by atoms with van der Waals surface area (Å²) in [5, 5.41) is 8.78. The van der Waals surface area contributed by atoms with Gasteiger partial charge in [-0.1, -0.05) is 38.1 Å². The zero-order valence-electron chi connectivity index (χ0n) is 21.2. The lowest BCUT2D eigenvalue weighted by molar-refractivity contribution is 0.0963. The van der Waals surface area contributed by atoms with Crippen molar-refractivity contribution in [3.63, 3.8) is 0 Å². The van der Waals surface area contributed by atoms with Crippen molar-refractivity contribution in [2.75, 3.05) is 31.2 Å². The van der Waals surface area contributed by atoms with Crippen molar-refractivity contribution in [2.24, 2.45) is 0 Å². The van der Waals surface area contributed by atoms with Crippen molar-refractivity contribution < 1.29 is 13.9 Å². The van der Waals surface area contributed by atoms with Gasteiger partial charge in [-0.3, -0.25) is 9.78 Å². The lowest BCUT2D eigenvalue weighted by Crippen LogP contribution is -2.36. The molecule has 1 aliphatic heterocycles. The predicted octanol–water partition coefficient (Wildman–Crippen LogP) is 4.79. The number of morpholine rings is 1. The molecule has 1 aromatic carbocycles. The van der Waals surface area contributed by atoms with E-state index in [4.69, 9.17) is 9.15 Å². The second-order valence-electron chi connectivity index (χ2n) is 10.2. The highest BCUT2D eigenvalue weighted by Gasteiger charge is 2.21. The Labute approximate surface area is 210 Å². The van der Waals surface area contributed by atoms with E-state index >= 15 is 0 Å². The minimum absolute atomic E-state index is 0.0504. The highest BCUT2D eigenvalue weighted by Crippen LogP contribution is 2.26. The number of benzene rings is 1. The molecule has 0 bridgehead atoms. The average molecular weight is 486 g/mol. The number of hydrogen-bond acceptors (Lipinski definition) is 7. The predicted molar refractivity (Wildman–Crippen MR) is 138 cm³/mol. The van der Waals surface area contributed by atoms with E-state index in [1.54, 1.807) is 16.9 Å². The van der Waals surface area contributed by atoms with Gasteiger partial charge in [0.1, 0.15) is 11.5 Å². The number of aromatic nitrogens is 4. The Kier molecular flexibility index (Phi) is 6.45. The van der Waals surface area contributed by atoms with Gasteiger partial charge in [0.15, 0.2) is 5.76 Å². The van der Waals surface area contributed by atoms with Crippen LogP contribution in [0.1, 0.15) is 48.2 Å². The first-order chi connectivity index (χ1) is 17.3. The fourth-order valence-corrected chi connectivity index (χ4v) is 4.25. The minimum atomic E-state index is -0.141. The van der Waals surface area contributed by atoms with Crippen LogP contribution in [0, 0.1) is 6.92 Å². The lowest BCUT2D eigenvalue weighted by atomic mass is 9.94. The van der Waals surface area contributed by atoms with Crippen molar-refractivity contribution in [1.29, 1.82) is 0 Å².